The van der Waals surface area contributed by atoms with Crippen LogP contribution >= 0.6 is 11.6 Å². The van der Waals surface area contributed by atoms with E-state index in [9.17, 15) is 0 Å². The third kappa shape index (κ3) is 4.68. The fraction of sp³-hybridized carbons (Fsp3) is 0.500. The predicted octanol–water partition coefficient (Wildman–Crippen LogP) is 2.33. The van der Waals surface area contributed by atoms with Crippen LogP contribution in [0.25, 0.3) is 0 Å². The van der Waals surface area contributed by atoms with Crippen molar-refractivity contribution in [3.63, 3.8) is 0 Å². The molecule has 1 aromatic carbocycles. The summed E-state index contributed by atoms with van der Waals surface area (Å²) in [7, 11) is 1.71. The van der Waals surface area contributed by atoms with Crippen molar-refractivity contribution in [2.75, 3.05) is 0 Å². The number of para-hydroxylation sites is 1. The first-order chi connectivity index (χ1) is 9.85. The Morgan fingerprint density at radius 3 is 2.71 bits per heavy atom. The van der Waals surface area contributed by atoms with Gasteiger partial charge in [0.1, 0.15) is 5.75 Å². The first-order valence-electron chi connectivity index (χ1n) is 6.73. The normalized spacial score (nSPS) is 11.7. The maximum Gasteiger partial charge on any atom is 0.212 e. The van der Waals surface area contributed by atoms with Gasteiger partial charge in [-0.25, -0.2) is 0 Å². The summed E-state index contributed by atoms with van der Waals surface area (Å²) in [5.41, 5.74) is 1.02. The number of benzene rings is 1. The Bertz CT molecular complexity index is 606. The van der Waals surface area contributed by atoms with E-state index in [1.54, 1.807) is 7.05 Å². The van der Waals surface area contributed by atoms with Gasteiger partial charge in [-0.15, -0.1) is 10.2 Å². The van der Waals surface area contributed by atoms with Crippen molar-refractivity contribution < 1.29 is 4.74 Å². The third-order valence-corrected chi connectivity index (χ3v) is 3.05. The molecule has 1 heterocycles. The molecule has 2 rings (SSSR count). The second-order valence-electron chi connectivity index (χ2n) is 5.82. The molecule has 0 aliphatic rings. The Hall–Kier alpha value is -1.66. The largest absolute Gasteiger partial charge is 0.484 e. The second-order valence-corrected chi connectivity index (χ2v) is 6.22. The fourth-order valence-corrected chi connectivity index (χ4v) is 1.98. The number of hydrogen-bond donors (Lipinski definition) is 1. The molecular weight excluding hydrogens is 290 g/mol. The summed E-state index contributed by atoms with van der Waals surface area (Å²) in [4.78, 5) is 1.40. The first kappa shape index (κ1) is 15.7. The minimum absolute atomic E-state index is 0.0199. The lowest BCUT2D eigenvalue weighted by atomic mass is 10.1. The molecule has 114 valence electrons. The number of aromatic nitrogens is 4. The summed E-state index contributed by atoms with van der Waals surface area (Å²) < 4.78 is 5.78. The van der Waals surface area contributed by atoms with Gasteiger partial charge in [-0.05, 0) is 32.1 Å². The lowest BCUT2D eigenvalue weighted by molar-refractivity contribution is 0.290. The molecule has 0 aliphatic heterocycles. The van der Waals surface area contributed by atoms with Crippen LogP contribution < -0.4 is 10.1 Å². The summed E-state index contributed by atoms with van der Waals surface area (Å²) in [6.45, 7) is 7.25. The number of rotatable bonds is 5. The molecule has 1 N–H and O–H groups in total. The summed E-state index contributed by atoms with van der Waals surface area (Å²) in [5, 5.41) is 15.7. The number of ether oxygens (including phenoxy) is 1. The molecule has 0 aliphatic carbocycles. The molecule has 0 bridgehead atoms. The molecule has 0 amide bonds. The van der Waals surface area contributed by atoms with Crippen LogP contribution in [0.1, 0.15) is 32.2 Å². The zero-order chi connectivity index (χ0) is 15.5. The lowest BCUT2D eigenvalue weighted by Crippen LogP contribution is -2.35. The highest BCUT2D eigenvalue weighted by atomic mass is 35.5. The molecule has 1 aromatic heterocycles. The van der Waals surface area contributed by atoms with Crippen LogP contribution in [-0.4, -0.2) is 25.7 Å². The molecule has 0 spiro atoms. The van der Waals surface area contributed by atoms with E-state index < -0.39 is 0 Å². The van der Waals surface area contributed by atoms with E-state index in [0.29, 0.717) is 23.1 Å². The van der Waals surface area contributed by atoms with Gasteiger partial charge < -0.3 is 10.1 Å². The Labute approximate surface area is 129 Å². The molecule has 0 radical (unpaired) electrons. The van der Waals surface area contributed by atoms with E-state index in [2.05, 4.69) is 41.5 Å². The van der Waals surface area contributed by atoms with Gasteiger partial charge in [-0.3, -0.25) is 0 Å². The number of hydrogen-bond acceptors (Lipinski definition) is 5. The summed E-state index contributed by atoms with van der Waals surface area (Å²) in [6.07, 6.45) is 0. The molecule has 0 atom stereocenters. The smallest absolute Gasteiger partial charge is 0.212 e. The van der Waals surface area contributed by atoms with Gasteiger partial charge in [-0.1, -0.05) is 23.7 Å². The summed E-state index contributed by atoms with van der Waals surface area (Å²) in [5.74, 6) is 1.18. The first-order valence-corrected chi connectivity index (χ1v) is 7.11. The Morgan fingerprint density at radius 2 is 2.10 bits per heavy atom. The average Bonchev–Trinajstić information content (AvgIpc) is 2.80. The Balaban J connectivity index is 2.10. The van der Waals surface area contributed by atoms with Crippen molar-refractivity contribution >= 4 is 11.6 Å². The van der Waals surface area contributed by atoms with Gasteiger partial charge >= 0.3 is 0 Å². The number of nitrogens with zero attached hydrogens (tertiary/aromatic N) is 4. The van der Waals surface area contributed by atoms with Crippen molar-refractivity contribution in [2.24, 2.45) is 7.05 Å². The average molecular weight is 310 g/mol. The van der Waals surface area contributed by atoms with Gasteiger partial charge in [0.2, 0.25) is 5.82 Å². The molecule has 7 heteroatoms. The van der Waals surface area contributed by atoms with Crippen LogP contribution in [0.5, 0.6) is 5.75 Å². The molecule has 0 saturated carbocycles. The Morgan fingerprint density at radius 1 is 1.33 bits per heavy atom. The van der Waals surface area contributed by atoms with E-state index in [1.807, 2.05) is 18.2 Å². The van der Waals surface area contributed by atoms with Crippen molar-refractivity contribution in [3.05, 3.63) is 34.6 Å². The topological polar surface area (TPSA) is 64.9 Å². The Kier molecular flexibility index (Phi) is 4.80. The molecule has 0 saturated heterocycles. The van der Waals surface area contributed by atoms with Crippen LogP contribution in [0.2, 0.25) is 5.02 Å². The second kappa shape index (κ2) is 6.41. The van der Waals surface area contributed by atoms with Crippen LogP contribution in [0.3, 0.4) is 0 Å². The van der Waals surface area contributed by atoms with E-state index in [1.165, 1.54) is 4.80 Å². The van der Waals surface area contributed by atoms with Gasteiger partial charge in [-0.2, -0.15) is 4.80 Å². The summed E-state index contributed by atoms with van der Waals surface area (Å²) >= 11 is 6.24. The number of halogens is 1. The fourth-order valence-electron chi connectivity index (χ4n) is 1.73. The van der Waals surface area contributed by atoms with E-state index in [4.69, 9.17) is 16.3 Å². The highest BCUT2D eigenvalue weighted by molar-refractivity contribution is 6.32. The maximum atomic E-state index is 6.24. The molecule has 2 aromatic rings. The molecular formula is C14H20ClN5O. The molecule has 6 nitrogen and oxygen atoms in total. The van der Waals surface area contributed by atoms with Crippen LogP contribution in [0, 0.1) is 0 Å². The minimum atomic E-state index is 0.0199. The summed E-state index contributed by atoms with van der Waals surface area (Å²) in [6, 6.07) is 5.71. The van der Waals surface area contributed by atoms with Crippen LogP contribution in [0.15, 0.2) is 18.2 Å². The van der Waals surface area contributed by atoms with Crippen LogP contribution in [0.4, 0.5) is 0 Å². The van der Waals surface area contributed by atoms with Gasteiger partial charge in [0, 0.05) is 17.6 Å². The van der Waals surface area contributed by atoms with Crippen molar-refractivity contribution in [2.45, 2.75) is 39.5 Å². The van der Waals surface area contributed by atoms with Crippen molar-refractivity contribution in [1.29, 1.82) is 0 Å². The predicted molar refractivity (Wildman–Crippen MR) is 81.2 cm³/mol. The highest BCUT2D eigenvalue weighted by Gasteiger charge is 2.14. The van der Waals surface area contributed by atoms with Crippen molar-refractivity contribution in [1.82, 2.24) is 25.5 Å². The zero-order valence-electron chi connectivity index (χ0n) is 12.7. The van der Waals surface area contributed by atoms with Crippen molar-refractivity contribution in [3.8, 4) is 5.75 Å². The van der Waals surface area contributed by atoms with Gasteiger partial charge in [0.25, 0.3) is 0 Å². The number of aryl methyl sites for hydroxylation is 1. The maximum absolute atomic E-state index is 6.24. The van der Waals surface area contributed by atoms with E-state index in [-0.39, 0.29) is 12.1 Å². The van der Waals surface area contributed by atoms with E-state index in [0.717, 1.165) is 5.56 Å². The van der Waals surface area contributed by atoms with Gasteiger partial charge in [0.05, 0.1) is 12.1 Å². The zero-order valence-corrected chi connectivity index (χ0v) is 13.5. The third-order valence-electron chi connectivity index (χ3n) is 2.75. The lowest BCUT2D eigenvalue weighted by Gasteiger charge is -2.22. The quantitative estimate of drug-likeness (QED) is 0.918. The molecule has 21 heavy (non-hydrogen) atoms. The standard InChI is InChI=1S/C14H20ClN5O/c1-14(2,3)16-8-10-6-5-7-11(15)13(10)21-9-12-17-19-20(4)18-12/h5-7,16H,8-9H2,1-4H3. The SMILES string of the molecule is Cn1nnc(COc2c(Cl)cccc2CNC(C)(C)C)n1. The van der Waals surface area contributed by atoms with E-state index >= 15 is 0 Å². The molecule has 0 unspecified atom stereocenters. The molecule has 0 fully saturated rings. The number of nitrogens with one attached hydrogen (secondary N) is 1. The number of tetrazole rings is 1. The highest BCUT2D eigenvalue weighted by Crippen LogP contribution is 2.29. The van der Waals surface area contributed by atoms with Gasteiger partial charge in [0.15, 0.2) is 6.61 Å². The minimum Gasteiger partial charge on any atom is -0.484 e. The monoisotopic (exact) mass is 309 g/mol. The van der Waals surface area contributed by atoms with Crippen LogP contribution in [-0.2, 0) is 20.2 Å².